The molecule has 0 atom stereocenters. The largest absolute Gasteiger partial charge is 0.423 e. The molecule has 0 unspecified atom stereocenters. The minimum absolute atomic E-state index is 0.420. The molecule has 0 radical (unpaired) electrons. The second-order valence-electron chi connectivity index (χ2n) is 3.91. The Labute approximate surface area is 83.2 Å². The molecule has 14 heavy (non-hydrogen) atoms. The van der Waals surface area contributed by atoms with Gasteiger partial charge < -0.3 is 4.42 Å². The Balaban J connectivity index is 2.71. The van der Waals surface area contributed by atoms with E-state index in [2.05, 4.69) is 29.9 Å². The molecule has 2 aromatic rings. The van der Waals surface area contributed by atoms with Gasteiger partial charge in [-0.15, -0.1) is 0 Å². The predicted octanol–water partition coefficient (Wildman–Crippen LogP) is 2.96. The van der Waals surface area contributed by atoms with Crippen molar-refractivity contribution in [3.8, 4) is 0 Å². The van der Waals surface area contributed by atoms with E-state index in [1.54, 1.807) is 0 Å². The summed E-state index contributed by atoms with van der Waals surface area (Å²) in [5.41, 5.74) is 3.74. The molecule has 2 rings (SSSR count). The van der Waals surface area contributed by atoms with Gasteiger partial charge in [0.25, 0.3) is 0 Å². The van der Waals surface area contributed by atoms with E-state index in [0.717, 1.165) is 16.8 Å². The second-order valence-corrected chi connectivity index (χ2v) is 3.91. The van der Waals surface area contributed by atoms with Crippen LogP contribution in [0.3, 0.4) is 0 Å². The lowest BCUT2D eigenvalue weighted by Gasteiger charge is -2.04. The van der Waals surface area contributed by atoms with Gasteiger partial charge in [-0.3, -0.25) is 0 Å². The fourth-order valence-corrected chi connectivity index (χ4v) is 1.48. The molecule has 2 heterocycles. The number of hydrogen-bond acceptors (Lipinski definition) is 3. The van der Waals surface area contributed by atoms with Crippen molar-refractivity contribution in [3.63, 3.8) is 0 Å². The van der Waals surface area contributed by atoms with Crippen LogP contribution < -0.4 is 0 Å². The van der Waals surface area contributed by atoms with Crippen molar-refractivity contribution < 1.29 is 4.42 Å². The van der Waals surface area contributed by atoms with Crippen LogP contribution in [0.1, 0.15) is 36.9 Å². The van der Waals surface area contributed by atoms with Crippen LogP contribution in [0.25, 0.3) is 11.2 Å². The zero-order valence-electron chi connectivity index (χ0n) is 8.96. The highest BCUT2D eigenvalue weighted by Crippen LogP contribution is 2.21. The number of pyridine rings is 1. The maximum absolute atomic E-state index is 5.42. The zero-order chi connectivity index (χ0) is 10.3. The van der Waals surface area contributed by atoms with E-state index in [4.69, 9.17) is 4.42 Å². The maximum Gasteiger partial charge on any atom is 0.247 e. The predicted molar refractivity (Wildman–Crippen MR) is 55.4 cm³/mol. The summed E-state index contributed by atoms with van der Waals surface area (Å²) in [6.07, 6.45) is 0. The third-order valence-corrected chi connectivity index (χ3v) is 2.28. The van der Waals surface area contributed by atoms with E-state index in [9.17, 15) is 0 Å². The summed E-state index contributed by atoms with van der Waals surface area (Å²) in [5.74, 6) is 1.10. The lowest BCUT2D eigenvalue weighted by atomic mass is 10.1. The van der Waals surface area contributed by atoms with Gasteiger partial charge in [-0.2, -0.15) is 0 Å². The van der Waals surface area contributed by atoms with Crippen LogP contribution in [0.5, 0.6) is 0 Å². The Bertz CT molecular complexity index is 471. The Kier molecular flexibility index (Phi) is 2.02. The smallest absolute Gasteiger partial charge is 0.247 e. The Hall–Kier alpha value is -1.38. The van der Waals surface area contributed by atoms with Crippen molar-refractivity contribution in [2.24, 2.45) is 0 Å². The van der Waals surface area contributed by atoms with E-state index in [1.807, 2.05) is 13.8 Å². The van der Waals surface area contributed by atoms with Gasteiger partial charge >= 0.3 is 0 Å². The summed E-state index contributed by atoms with van der Waals surface area (Å²) in [6.45, 7) is 8.13. The van der Waals surface area contributed by atoms with Gasteiger partial charge in [0.15, 0.2) is 5.89 Å². The standard InChI is InChI=1S/C11H14N2O/c1-6(2)9-5-7(3)10-11(13-9)14-8(4)12-10/h5-6H,1-4H3. The maximum atomic E-state index is 5.42. The van der Waals surface area contributed by atoms with Crippen molar-refractivity contribution in [1.29, 1.82) is 0 Å². The van der Waals surface area contributed by atoms with Gasteiger partial charge in [-0.05, 0) is 24.5 Å². The number of nitrogens with zero attached hydrogens (tertiary/aromatic N) is 2. The number of hydrogen-bond donors (Lipinski definition) is 0. The zero-order valence-corrected chi connectivity index (χ0v) is 8.96. The van der Waals surface area contributed by atoms with E-state index in [1.165, 1.54) is 0 Å². The van der Waals surface area contributed by atoms with Crippen molar-refractivity contribution in [2.45, 2.75) is 33.6 Å². The highest BCUT2D eigenvalue weighted by molar-refractivity contribution is 5.72. The van der Waals surface area contributed by atoms with E-state index >= 15 is 0 Å². The SMILES string of the molecule is Cc1nc2c(C)cc(C(C)C)nc2o1. The number of fused-ring (bicyclic) bond motifs is 1. The Morgan fingerprint density at radius 1 is 1.21 bits per heavy atom. The number of aryl methyl sites for hydroxylation is 2. The molecule has 74 valence electrons. The Morgan fingerprint density at radius 2 is 1.93 bits per heavy atom. The third-order valence-electron chi connectivity index (χ3n) is 2.28. The quantitative estimate of drug-likeness (QED) is 0.694. The summed E-state index contributed by atoms with van der Waals surface area (Å²) in [6, 6.07) is 2.08. The first-order valence-electron chi connectivity index (χ1n) is 4.82. The van der Waals surface area contributed by atoms with Gasteiger partial charge in [0.1, 0.15) is 5.52 Å². The van der Waals surface area contributed by atoms with Crippen LogP contribution in [0.2, 0.25) is 0 Å². The van der Waals surface area contributed by atoms with Gasteiger partial charge in [-0.25, -0.2) is 9.97 Å². The van der Waals surface area contributed by atoms with E-state index in [-0.39, 0.29) is 0 Å². The highest BCUT2D eigenvalue weighted by Gasteiger charge is 2.10. The molecular weight excluding hydrogens is 176 g/mol. The summed E-state index contributed by atoms with van der Waals surface area (Å²) in [7, 11) is 0. The third kappa shape index (κ3) is 1.39. The number of oxazole rings is 1. The lowest BCUT2D eigenvalue weighted by molar-refractivity contribution is 0.549. The fraction of sp³-hybridized carbons (Fsp3) is 0.455. The number of rotatable bonds is 1. The molecule has 0 fully saturated rings. The molecule has 0 saturated carbocycles. The van der Waals surface area contributed by atoms with Crippen molar-refractivity contribution in [2.75, 3.05) is 0 Å². The molecule has 2 aromatic heterocycles. The first-order chi connectivity index (χ1) is 6.58. The summed E-state index contributed by atoms with van der Waals surface area (Å²) in [5, 5.41) is 0. The molecule has 0 aliphatic carbocycles. The van der Waals surface area contributed by atoms with Crippen molar-refractivity contribution >= 4 is 11.2 Å². The summed E-state index contributed by atoms with van der Waals surface area (Å²) >= 11 is 0. The van der Waals surface area contributed by atoms with Crippen molar-refractivity contribution in [1.82, 2.24) is 9.97 Å². The van der Waals surface area contributed by atoms with Gasteiger partial charge in [0.2, 0.25) is 5.71 Å². The monoisotopic (exact) mass is 190 g/mol. The van der Waals surface area contributed by atoms with Crippen LogP contribution in [0.4, 0.5) is 0 Å². The highest BCUT2D eigenvalue weighted by atomic mass is 16.4. The molecule has 0 bridgehead atoms. The normalized spacial score (nSPS) is 11.5. The average molecular weight is 190 g/mol. The van der Waals surface area contributed by atoms with Gasteiger partial charge in [0.05, 0.1) is 0 Å². The first kappa shape index (κ1) is 9.19. The van der Waals surface area contributed by atoms with Crippen LogP contribution in [0, 0.1) is 13.8 Å². The van der Waals surface area contributed by atoms with Crippen LogP contribution in [0.15, 0.2) is 10.5 Å². The van der Waals surface area contributed by atoms with Gasteiger partial charge in [0, 0.05) is 12.6 Å². The molecule has 0 aliphatic heterocycles. The first-order valence-corrected chi connectivity index (χ1v) is 4.82. The molecule has 0 spiro atoms. The Morgan fingerprint density at radius 3 is 2.57 bits per heavy atom. The second kappa shape index (κ2) is 3.08. The average Bonchev–Trinajstić information content (AvgIpc) is 2.45. The molecule has 0 aromatic carbocycles. The van der Waals surface area contributed by atoms with Crippen LogP contribution in [-0.4, -0.2) is 9.97 Å². The minimum Gasteiger partial charge on any atom is -0.423 e. The molecule has 0 amide bonds. The fourth-order valence-electron chi connectivity index (χ4n) is 1.48. The molecule has 0 N–H and O–H groups in total. The molecule has 0 saturated heterocycles. The molecule has 0 aliphatic rings. The minimum atomic E-state index is 0.420. The molecule has 3 nitrogen and oxygen atoms in total. The van der Waals surface area contributed by atoms with Crippen molar-refractivity contribution in [3.05, 3.63) is 23.2 Å². The summed E-state index contributed by atoms with van der Waals surface area (Å²) in [4.78, 5) is 8.71. The van der Waals surface area contributed by atoms with E-state index in [0.29, 0.717) is 17.5 Å². The summed E-state index contributed by atoms with van der Waals surface area (Å²) < 4.78 is 5.42. The lowest BCUT2D eigenvalue weighted by Crippen LogP contribution is -1.93. The number of aromatic nitrogens is 2. The van der Waals surface area contributed by atoms with Crippen LogP contribution >= 0.6 is 0 Å². The topological polar surface area (TPSA) is 38.9 Å². The van der Waals surface area contributed by atoms with Crippen LogP contribution in [-0.2, 0) is 0 Å². The van der Waals surface area contributed by atoms with Gasteiger partial charge in [-0.1, -0.05) is 13.8 Å². The molecular formula is C11H14N2O. The molecule has 3 heteroatoms. The van der Waals surface area contributed by atoms with E-state index < -0.39 is 0 Å².